The molecular formula is C17H24N2O7. The molecule has 0 heterocycles. The van der Waals surface area contributed by atoms with Crippen LogP contribution in [0.25, 0.3) is 0 Å². The SMILES string of the molecule is CCOc1cc(C(=O)O[C@H](C)C(=O)NC(N)=O)cc(OCC)c1OCC. The Hall–Kier alpha value is -2.97. The van der Waals surface area contributed by atoms with Gasteiger partial charge in [-0.15, -0.1) is 0 Å². The average molecular weight is 368 g/mol. The standard InChI is InChI=1S/C17H24N2O7/c1-5-23-12-8-11(9-13(24-6-2)14(12)25-7-3)16(21)26-10(4)15(20)19-17(18)22/h8-10H,5-7H2,1-4H3,(H3,18,19,20,22)/t10-/m1/s1. The van der Waals surface area contributed by atoms with Crippen LogP contribution < -0.4 is 25.3 Å². The smallest absolute Gasteiger partial charge is 0.339 e. The Balaban J connectivity index is 3.11. The van der Waals surface area contributed by atoms with E-state index in [1.165, 1.54) is 19.1 Å². The molecule has 0 bridgehead atoms. The second-order valence-corrected chi connectivity index (χ2v) is 5.00. The molecule has 1 aromatic carbocycles. The molecule has 0 aromatic heterocycles. The molecule has 26 heavy (non-hydrogen) atoms. The molecule has 0 unspecified atom stereocenters. The molecule has 0 saturated carbocycles. The fraction of sp³-hybridized carbons (Fsp3) is 0.471. The van der Waals surface area contributed by atoms with Crippen LogP contribution in [0.2, 0.25) is 0 Å². The largest absolute Gasteiger partial charge is 0.490 e. The molecule has 9 heteroatoms. The molecule has 1 atom stereocenters. The van der Waals surface area contributed by atoms with Gasteiger partial charge in [0.25, 0.3) is 5.91 Å². The topological polar surface area (TPSA) is 126 Å². The molecule has 0 saturated heterocycles. The van der Waals surface area contributed by atoms with Crippen LogP contribution in [0.4, 0.5) is 4.79 Å². The third kappa shape index (κ3) is 5.83. The van der Waals surface area contributed by atoms with E-state index in [1.807, 2.05) is 12.2 Å². The quantitative estimate of drug-likeness (QED) is 0.634. The van der Waals surface area contributed by atoms with E-state index in [0.717, 1.165) is 0 Å². The number of hydrogen-bond donors (Lipinski definition) is 2. The van der Waals surface area contributed by atoms with E-state index < -0.39 is 24.0 Å². The third-order valence-electron chi connectivity index (χ3n) is 3.04. The number of nitrogens with one attached hydrogen (secondary N) is 1. The zero-order chi connectivity index (χ0) is 19.7. The lowest BCUT2D eigenvalue weighted by Gasteiger charge is -2.17. The van der Waals surface area contributed by atoms with Gasteiger partial charge in [-0.05, 0) is 39.8 Å². The number of amides is 3. The van der Waals surface area contributed by atoms with Crippen LogP contribution >= 0.6 is 0 Å². The number of ether oxygens (including phenoxy) is 4. The van der Waals surface area contributed by atoms with Crippen LogP contribution in [-0.2, 0) is 9.53 Å². The highest BCUT2D eigenvalue weighted by molar-refractivity contribution is 5.98. The van der Waals surface area contributed by atoms with Gasteiger partial charge in [0, 0.05) is 0 Å². The van der Waals surface area contributed by atoms with E-state index >= 15 is 0 Å². The first-order valence-electron chi connectivity index (χ1n) is 8.21. The summed E-state index contributed by atoms with van der Waals surface area (Å²) in [6.07, 6.45) is -1.22. The Kier molecular flexibility index (Phi) is 8.20. The van der Waals surface area contributed by atoms with Crippen LogP contribution in [0.3, 0.4) is 0 Å². The van der Waals surface area contributed by atoms with Crippen molar-refractivity contribution in [1.82, 2.24) is 5.32 Å². The summed E-state index contributed by atoms with van der Waals surface area (Å²) in [7, 11) is 0. The highest BCUT2D eigenvalue weighted by atomic mass is 16.6. The van der Waals surface area contributed by atoms with Crippen LogP contribution in [0.1, 0.15) is 38.1 Å². The molecule has 3 N–H and O–H groups in total. The van der Waals surface area contributed by atoms with Crippen molar-refractivity contribution in [1.29, 1.82) is 0 Å². The van der Waals surface area contributed by atoms with Gasteiger partial charge < -0.3 is 24.7 Å². The number of imide groups is 1. The van der Waals surface area contributed by atoms with Crippen LogP contribution in [0.5, 0.6) is 17.2 Å². The Labute approximate surface area is 151 Å². The summed E-state index contributed by atoms with van der Waals surface area (Å²) in [4.78, 5) is 34.7. The van der Waals surface area contributed by atoms with Crippen molar-refractivity contribution in [3.63, 3.8) is 0 Å². The number of carbonyl (C=O) groups excluding carboxylic acids is 3. The molecule has 0 aliphatic rings. The third-order valence-corrected chi connectivity index (χ3v) is 3.04. The molecule has 0 spiro atoms. The summed E-state index contributed by atoms with van der Waals surface area (Å²) in [6, 6.07) is 1.85. The summed E-state index contributed by atoms with van der Waals surface area (Å²) in [6.45, 7) is 7.79. The van der Waals surface area contributed by atoms with Crippen molar-refractivity contribution in [3.8, 4) is 17.2 Å². The molecule has 0 fully saturated rings. The first kappa shape index (κ1) is 21.1. The summed E-state index contributed by atoms with van der Waals surface area (Å²) >= 11 is 0. The van der Waals surface area contributed by atoms with Gasteiger partial charge in [0.2, 0.25) is 5.75 Å². The first-order valence-corrected chi connectivity index (χ1v) is 8.21. The van der Waals surface area contributed by atoms with Crippen molar-refractivity contribution in [2.75, 3.05) is 19.8 Å². The Morgan fingerprint density at radius 1 is 1.00 bits per heavy atom. The van der Waals surface area contributed by atoms with E-state index in [9.17, 15) is 14.4 Å². The highest BCUT2D eigenvalue weighted by Gasteiger charge is 2.23. The van der Waals surface area contributed by atoms with Crippen molar-refractivity contribution >= 4 is 17.9 Å². The lowest BCUT2D eigenvalue weighted by molar-refractivity contribution is -0.127. The minimum absolute atomic E-state index is 0.110. The second kappa shape index (κ2) is 10.1. The maximum atomic E-state index is 12.4. The number of carbonyl (C=O) groups is 3. The maximum Gasteiger partial charge on any atom is 0.339 e. The van der Waals surface area contributed by atoms with E-state index in [0.29, 0.717) is 37.1 Å². The van der Waals surface area contributed by atoms with Crippen molar-refractivity contribution in [3.05, 3.63) is 17.7 Å². The maximum absolute atomic E-state index is 12.4. The number of primary amides is 1. The molecular weight excluding hydrogens is 344 g/mol. The number of urea groups is 1. The summed E-state index contributed by atoms with van der Waals surface area (Å²) in [5.41, 5.74) is 4.98. The number of benzene rings is 1. The fourth-order valence-corrected chi connectivity index (χ4v) is 2.01. The first-order chi connectivity index (χ1) is 12.3. The van der Waals surface area contributed by atoms with Gasteiger partial charge in [-0.3, -0.25) is 10.1 Å². The van der Waals surface area contributed by atoms with E-state index in [2.05, 4.69) is 0 Å². The van der Waals surface area contributed by atoms with Gasteiger partial charge in [0.15, 0.2) is 17.6 Å². The Morgan fingerprint density at radius 3 is 1.92 bits per heavy atom. The zero-order valence-electron chi connectivity index (χ0n) is 15.3. The highest BCUT2D eigenvalue weighted by Crippen LogP contribution is 2.39. The summed E-state index contributed by atoms with van der Waals surface area (Å²) < 4.78 is 21.6. The van der Waals surface area contributed by atoms with Crippen LogP contribution in [0, 0.1) is 0 Å². The minimum atomic E-state index is -1.22. The fourth-order valence-electron chi connectivity index (χ4n) is 2.01. The zero-order valence-corrected chi connectivity index (χ0v) is 15.3. The monoisotopic (exact) mass is 368 g/mol. The molecule has 144 valence electrons. The number of esters is 1. The molecule has 0 aliphatic heterocycles. The second-order valence-electron chi connectivity index (χ2n) is 5.00. The van der Waals surface area contributed by atoms with Crippen LogP contribution in [-0.4, -0.2) is 43.8 Å². The van der Waals surface area contributed by atoms with Gasteiger partial charge in [-0.2, -0.15) is 0 Å². The van der Waals surface area contributed by atoms with Gasteiger partial charge in [0.05, 0.1) is 25.4 Å². The molecule has 0 radical (unpaired) electrons. The molecule has 9 nitrogen and oxygen atoms in total. The van der Waals surface area contributed by atoms with E-state index in [4.69, 9.17) is 24.7 Å². The van der Waals surface area contributed by atoms with Gasteiger partial charge in [0.1, 0.15) is 0 Å². The van der Waals surface area contributed by atoms with E-state index in [-0.39, 0.29) is 5.56 Å². The minimum Gasteiger partial charge on any atom is -0.490 e. The number of hydrogen-bond acceptors (Lipinski definition) is 7. The van der Waals surface area contributed by atoms with Gasteiger partial charge in [-0.25, -0.2) is 9.59 Å². The predicted octanol–water partition coefficient (Wildman–Crippen LogP) is 1.62. The molecule has 3 amide bonds. The van der Waals surface area contributed by atoms with Gasteiger partial charge in [-0.1, -0.05) is 0 Å². The number of rotatable bonds is 9. The van der Waals surface area contributed by atoms with Crippen molar-refractivity contribution < 1.29 is 33.3 Å². The Morgan fingerprint density at radius 2 is 1.50 bits per heavy atom. The normalized spacial score (nSPS) is 11.2. The summed E-state index contributed by atoms with van der Waals surface area (Å²) in [5, 5.41) is 1.84. The molecule has 0 aliphatic carbocycles. The van der Waals surface area contributed by atoms with Crippen molar-refractivity contribution in [2.45, 2.75) is 33.8 Å². The van der Waals surface area contributed by atoms with Crippen LogP contribution in [0.15, 0.2) is 12.1 Å². The van der Waals surface area contributed by atoms with Crippen molar-refractivity contribution in [2.24, 2.45) is 5.73 Å². The number of nitrogens with two attached hydrogens (primary N) is 1. The lowest BCUT2D eigenvalue weighted by Crippen LogP contribution is -2.42. The average Bonchev–Trinajstić information content (AvgIpc) is 2.57. The predicted molar refractivity (Wildman–Crippen MR) is 92.6 cm³/mol. The summed E-state index contributed by atoms with van der Waals surface area (Å²) in [5.74, 6) is -0.593. The lowest BCUT2D eigenvalue weighted by atomic mass is 10.1. The molecule has 1 rings (SSSR count). The van der Waals surface area contributed by atoms with Gasteiger partial charge >= 0.3 is 12.0 Å². The Bertz CT molecular complexity index is 634. The van der Waals surface area contributed by atoms with E-state index in [1.54, 1.807) is 13.8 Å². The molecule has 1 aromatic rings.